The third-order valence-electron chi connectivity index (χ3n) is 5.19. The summed E-state index contributed by atoms with van der Waals surface area (Å²) in [6.07, 6.45) is -4.40. The molecule has 0 N–H and O–H groups in total. The number of hydrogen-bond donors (Lipinski definition) is 0. The normalized spacial score (nSPS) is 14.4. The summed E-state index contributed by atoms with van der Waals surface area (Å²) in [5, 5.41) is 0. The number of methoxy groups -OCH3 is 2. The first kappa shape index (κ1) is 22.5. The van der Waals surface area contributed by atoms with Crippen molar-refractivity contribution in [3.8, 4) is 11.5 Å². The molecule has 166 valence electrons. The Morgan fingerprint density at radius 3 is 2.23 bits per heavy atom. The van der Waals surface area contributed by atoms with Crippen molar-refractivity contribution in [1.29, 1.82) is 0 Å². The van der Waals surface area contributed by atoms with Crippen LogP contribution in [0, 0.1) is 0 Å². The molecule has 0 bridgehead atoms. The van der Waals surface area contributed by atoms with Crippen molar-refractivity contribution in [2.45, 2.75) is 12.6 Å². The van der Waals surface area contributed by atoms with Crippen LogP contribution >= 0.6 is 0 Å². The van der Waals surface area contributed by atoms with Gasteiger partial charge in [-0.3, -0.25) is 9.59 Å². The van der Waals surface area contributed by atoms with Crippen LogP contribution in [0.4, 0.5) is 13.2 Å². The van der Waals surface area contributed by atoms with E-state index in [1.165, 1.54) is 31.3 Å². The highest BCUT2D eigenvalue weighted by Gasteiger charge is 2.32. The molecule has 2 aromatic carbocycles. The summed E-state index contributed by atoms with van der Waals surface area (Å²) in [4.78, 5) is 28.5. The molecule has 1 fully saturated rings. The number of rotatable bonds is 5. The van der Waals surface area contributed by atoms with Gasteiger partial charge in [-0.25, -0.2) is 0 Å². The number of hydrogen-bond acceptors (Lipinski definition) is 4. The average molecular weight is 436 g/mol. The number of nitrogens with zero attached hydrogens (tertiary/aromatic N) is 2. The van der Waals surface area contributed by atoms with Gasteiger partial charge in [0.05, 0.1) is 26.2 Å². The molecule has 0 atom stereocenters. The summed E-state index contributed by atoms with van der Waals surface area (Å²) in [6, 6.07) is 9.58. The number of carbonyl (C=O) groups excluding carboxylic acids is 2. The van der Waals surface area contributed by atoms with Crippen molar-refractivity contribution in [3.05, 3.63) is 59.2 Å². The minimum atomic E-state index is -4.51. The van der Waals surface area contributed by atoms with Crippen LogP contribution in [0.5, 0.6) is 11.5 Å². The zero-order chi connectivity index (χ0) is 22.6. The van der Waals surface area contributed by atoms with Gasteiger partial charge in [0.2, 0.25) is 5.91 Å². The zero-order valence-corrected chi connectivity index (χ0v) is 17.2. The number of alkyl halides is 3. The highest BCUT2D eigenvalue weighted by molar-refractivity contribution is 5.94. The highest BCUT2D eigenvalue weighted by atomic mass is 19.4. The summed E-state index contributed by atoms with van der Waals surface area (Å²) < 4.78 is 49.2. The van der Waals surface area contributed by atoms with Crippen molar-refractivity contribution >= 4 is 11.8 Å². The largest absolute Gasteiger partial charge is 0.497 e. The third-order valence-corrected chi connectivity index (χ3v) is 5.19. The molecule has 0 spiro atoms. The second-order valence-electron chi connectivity index (χ2n) is 7.11. The lowest BCUT2D eigenvalue weighted by Gasteiger charge is -2.35. The molecular weight excluding hydrogens is 413 g/mol. The molecule has 0 radical (unpaired) electrons. The Morgan fingerprint density at radius 2 is 1.61 bits per heavy atom. The van der Waals surface area contributed by atoms with Gasteiger partial charge in [0.25, 0.3) is 5.91 Å². The lowest BCUT2D eigenvalue weighted by Crippen LogP contribution is -2.51. The molecule has 2 amide bonds. The smallest absolute Gasteiger partial charge is 0.416 e. The highest BCUT2D eigenvalue weighted by Crippen LogP contribution is 2.30. The SMILES string of the molecule is COc1ccc(OC)c(CC(=O)N2CCN(C(=O)c3cccc(C(F)(F)F)c3)CC2)c1. The third kappa shape index (κ3) is 5.28. The van der Waals surface area contributed by atoms with E-state index >= 15 is 0 Å². The maximum absolute atomic E-state index is 12.9. The van der Waals surface area contributed by atoms with Crippen LogP contribution in [0.15, 0.2) is 42.5 Å². The van der Waals surface area contributed by atoms with E-state index in [1.54, 1.807) is 23.1 Å². The van der Waals surface area contributed by atoms with E-state index in [0.29, 0.717) is 30.2 Å². The predicted molar refractivity (Wildman–Crippen MR) is 107 cm³/mol. The Kier molecular flexibility index (Phi) is 6.72. The number of benzene rings is 2. The van der Waals surface area contributed by atoms with E-state index in [4.69, 9.17) is 9.47 Å². The quantitative estimate of drug-likeness (QED) is 0.722. The zero-order valence-electron chi connectivity index (χ0n) is 17.2. The van der Waals surface area contributed by atoms with Crippen LogP contribution in [-0.4, -0.2) is 62.0 Å². The summed E-state index contributed by atoms with van der Waals surface area (Å²) in [6.45, 7) is 1.10. The summed E-state index contributed by atoms with van der Waals surface area (Å²) in [5.41, 5.74) is -0.190. The minimum Gasteiger partial charge on any atom is -0.497 e. The van der Waals surface area contributed by atoms with Gasteiger partial charge in [-0.15, -0.1) is 0 Å². The van der Waals surface area contributed by atoms with Gasteiger partial charge >= 0.3 is 6.18 Å². The number of amides is 2. The Balaban J connectivity index is 1.62. The monoisotopic (exact) mass is 436 g/mol. The number of halogens is 3. The molecule has 6 nitrogen and oxygen atoms in total. The number of ether oxygens (including phenoxy) is 2. The van der Waals surface area contributed by atoms with Crippen molar-refractivity contribution in [3.63, 3.8) is 0 Å². The van der Waals surface area contributed by atoms with Crippen molar-refractivity contribution < 1.29 is 32.2 Å². The molecule has 31 heavy (non-hydrogen) atoms. The van der Waals surface area contributed by atoms with Gasteiger partial charge in [-0.1, -0.05) is 6.07 Å². The minimum absolute atomic E-state index is 0.0179. The molecule has 1 aliphatic rings. The maximum atomic E-state index is 12.9. The van der Waals surface area contributed by atoms with Crippen LogP contribution in [-0.2, 0) is 17.4 Å². The summed E-state index contributed by atoms with van der Waals surface area (Å²) in [7, 11) is 3.06. The van der Waals surface area contributed by atoms with Crippen LogP contribution < -0.4 is 9.47 Å². The first-order chi connectivity index (χ1) is 14.7. The molecule has 0 unspecified atom stereocenters. The van der Waals surface area contributed by atoms with Crippen molar-refractivity contribution in [1.82, 2.24) is 9.80 Å². The fourth-order valence-electron chi connectivity index (χ4n) is 3.46. The predicted octanol–water partition coefficient (Wildman–Crippen LogP) is 3.25. The van der Waals surface area contributed by atoms with Crippen LogP contribution in [0.1, 0.15) is 21.5 Å². The van der Waals surface area contributed by atoms with Gasteiger partial charge in [-0.2, -0.15) is 13.2 Å². The maximum Gasteiger partial charge on any atom is 0.416 e. The number of piperazine rings is 1. The lowest BCUT2D eigenvalue weighted by atomic mass is 10.1. The van der Waals surface area contributed by atoms with E-state index < -0.39 is 17.6 Å². The molecule has 2 aromatic rings. The molecular formula is C22H23F3N2O4. The first-order valence-corrected chi connectivity index (χ1v) is 9.68. The Labute approximate surface area is 178 Å². The van der Waals surface area contributed by atoms with E-state index in [9.17, 15) is 22.8 Å². The Bertz CT molecular complexity index is 954. The van der Waals surface area contributed by atoms with E-state index in [-0.39, 0.29) is 31.0 Å². The lowest BCUT2D eigenvalue weighted by molar-refractivity contribution is -0.137. The average Bonchev–Trinajstić information content (AvgIpc) is 2.78. The van der Waals surface area contributed by atoms with E-state index in [1.807, 2.05) is 0 Å². The topological polar surface area (TPSA) is 59.1 Å². The van der Waals surface area contributed by atoms with Gasteiger partial charge in [-0.05, 0) is 36.4 Å². The van der Waals surface area contributed by atoms with Crippen LogP contribution in [0.25, 0.3) is 0 Å². The van der Waals surface area contributed by atoms with Gasteiger partial charge in [0.15, 0.2) is 0 Å². The molecule has 3 rings (SSSR count). The Morgan fingerprint density at radius 1 is 0.935 bits per heavy atom. The van der Waals surface area contributed by atoms with E-state index in [2.05, 4.69) is 0 Å². The molecule has 1 saturated heterocycles. The van der Waals surface area contributed by atoms with Gasteiger partial charge in [0.1, 0.15) is 11.5 Å². The molecule has 1 heterocycles. The van der Waals surface area contributed by atoms with Crippen molar-refractivity contribution in [2.75, 3.05) is 40.4 Å². The summed E-state index contributed by atoms with van der Waals surface area (Å²) in [5.74, 6) is 0.581. The Hall–Kier alpha value is -3.23. The molecule has 9 heteroatoms. The van der Waals surface area contributed by atoms with Crippen molar-refractivity contribution in [2.24, 2.45) is 0 Å². The first-order valence-electron chi connectivity index (χ1n) is 9.68. The second kappa shape index (κ2) is 9.28. The fraction of sp³-hybridized carbons (Fsp3) is 0.364. The van der Waals surface area contributed by atoms with Crippen LogP contribution in [0.3, 0.4) is 0 Å². The molecule has 1 aliphatic heterocycles. The molecule has 0 aliphatic carbocycles. The molecule has 0 aromatic heterocycles. The van der Waals surface area contributed by atoms with Crippen LogP contribution in [0.2, 0.25) is 0 Å². The fourth-order valence-corrected chi connectivity index (χ4v) is 3.46. The van der Waals surface area contributed by atoms with Gasteiger partial charge < -0.3 is 19.3 Å². The number of carbonyl (C=O) groups is 2. The standard InChI is InChI=1S/C22H23F3N2O4/c1-30-18-6-7-19(31-2)16(13-18)14-20(28)26-8-10-27(11-9-26)21(29)15-4-3-5-17(12-15)22(23,24)25/h3-7,12-13H,8-11,14H2,1-2H3. The van der Waals surface area contributed by atoms with Gasteiger partial charge in [0, 0.05) is 37.3 Å². The summed E-state index contributed by atoms with van der Waals surface area (Å²) >= 11 is 0. The van der Waals surface area contributed by atoms with E-state index in [0.717, 1.165) is 12.1 Å². The second-order valence-corrected chi connectivity index (χ2v) is 7.11. The molecule has 0 saturated carbocycles.